The summed E-state index contributed by atoms with van der Waals surface area (Å²) in [6.07, 6.45) is 9.66. The van der Waals surface area contributed by atoms with Gasteiger partial charge in [0, 0.05) is 44.3 Å². The summed E-state index contributed by atoms with van der Waals surface area (Å²) in [7, 11) is 1.84. The summed E-state index contributed by atoms with van der Waals surface area (Å²) in [5, 5.41) is 20.4. The van der Waals surface area contributed by atoms with Crippen LogP contribution in [-0.4, -0.2) is 53.4 Å². The molecule has 10 heteroatoms. The lowest BCUT2D eigenvalue weighted by Gasteiger charge is -2.14. The Morgan fingerprint density at radius 1 is 1.36 bits per heavy atom. The monoisotopic (exact) mass is 377 g/mol. The van der Waals surface area contributed by atoms with Crippen molar-refractivity contribution in [3.05, 3.63) is 37.1 Å². The van der Waals surface area contributed by atoms with Crippen LogP contribution in [0.4, 0.5) is 11.6 Å². The summed E-state index contributed by atoms with van der Waals surface area (Å²) in [5.41, 5.74) is 2.44. The molecule has 0 spiro atoms. The van der Waals surface area contributed by atoms with Gasteiger partial charge in [-0.1, -0.05) is 0 Å². The van der Waals surface area contributed by atoms with E-state index in [2.05, 4.69) is 25.5 Å². The molecule has 142 valence electrons. The van der Waals surface area contributed by atoms with Crippen molar-refractivity contribution in [2.45, 2.75) is 18.9 Å². The first-order valence-corrected chi connectivity index (χ1v) is 8.90. The topological polar surface area (TPSA) is 118 Å². The van der Waals surface area contributed by atoms with Gasteiger partial charge in [0.05, 0.1) is 35.9 Å². The zero-order valence-corrected chi connectivity index (χ0v) is 15.4. The van der Waals surface area contributed by atoms with Crippen molar-refractivity contribution in [2.24, 2.45) is 7.05 Å². The maximum atomic E-state index is 11.9. The van der Waals surface area contributed by atoms with E-state index in [9.17, 15) is 4.79 Å². The quantitative estimate of drug-likeness (QED) is 0.716. The molecule has 0 aliphatic carbocycles. The molecule has 4 rings (SSSR count). The van der Waals surface area contributed by atoms with Crippen LogP contribution in [0.1, 0.15) is 18.9 Å². The summed E-state index contributed by atoms with van der Waals surface area (Å²) < 4.78 is 3.56. The minimum absolute atomic E-state index is 0.0786. The third-order valence-corrected chi connectivity index (χ3v) is 4.63. The Morgan fingerprint density at radius 2 is 2.25 bits per heavy atom. The van der Waals surface area contributed by atoms with E-state index in [-0.39, 0.29) is 18.4 Å². The molecule has 1 N–H and O–H groups in total. The fraction of sp³-hybridized carbons (Fsp3) is 0.333. The van der Waals surface area contributed by atoms with Crippen LogP contribution < -0.4 is 5.32 Å². The van der Waals surface area contributed by atoms with Gasteiger partial charge in [-0.05, 0) is 12.5 Å². The number of nitrogens with zero attached hydrogens (tertiary/aromatic N) is 8. The Kier molecular flexibility index (Phi) is 4.72. The van der Waals surface area contributed by atoms with Gasteiger partial charge >= 0.3 is 0 Å². The summed E-state index contributed by atoms with van der Waals surface area (Å²) in [6.45, 7) is 1.21. The molecule has 28 heavy (non-hydrogen) atoms. The maximum absolute atomic E-state index is 11.9. The molecule has 0 bridgehead atoms. The molecule has 1 saturated heterocycles. The molecule has 0 saturated carbocycles. The number of rotatable bonds is 5. The van der Waals surface area contributed by atoms with Gasteiger partial charge in [-0.15, -0.1) is 0 Å². The largest absolute Gasteiger partial charge is 0.340 e. The zero-order chi connectivity index (χ0) is 19.5. The Bertz CT molecular complexity index is 1030. The van der Waals surface area contributed by atoms with Crippen LogP contribution >= 0.6 is 0 Å². The number of amides is 1. The number of likely N-dealkylation sites (tertiary alicyclic amines) is 1. The molecule has 4 heterocycles. The highest BCUT2D eigenvalue weighted by molar-refractivity contribution is 5.78. The Labute approximate surface area is 161 Å². The molecule has 1 aliphatic heterocycles. The van der Waals surface area contributed by atoms with Gasteiger partial charge < -0.3 is 10.2 Å². The molecule has 3 aromatic heterocycles. The highest BCUT2D eigenvalue weighted by Crippen LogP contribution is 2.25. The molecule has 1 aliphatic rings. The lowest BCUT2D eigenvalue weighted by atomic mass is 10.2. The predicted molar refractivity (Wildman–Crippen MR) is 100 cm³/mol. The Hall–Kier alpha value is -3.74. The highest BCUT2D eigenvalue weighted by atomic mass is 16.2. The normalized spacial score (nSPS) is 16.1. The lowest BCUT2D eigenvalue weighted by molar-refractivity contribution is -0.129. The van der Waals surface area contributed by atoms with Gasteiger partial charge in [-0.2, -0.15) is 15.5 Å². The van der Waals surface area contributed by atoms with E-state index in [1.54, 1.807) is 28.2 Å². The van der Waals surface area contributed by atoms with E-state index in [0.717, 1.165) is 23.4 Å². The second kappa shape index (κ2) is 7.48. The second-order valence-corrected chi connectivity index (χ2v) is 6.62. The number of anilines is 2. The number of nitrogens with one attached hydrogen (secondary N) is 1. The van der Waals surface area contributed by atoms with Gasteiger partial charge in [-0.3, -0.25) is 14.2 Å². The van der Waals surface area contributed by atoms with E-state index >= 15 is 0 Å². The average molecular weight is 377 g/mol. The van der Waals surface area contributed by atoms with Gasteiger partial charge in [0.25, 0.3) is 0 Å². The van der Waals surface area contributed by atoms with Crippen LogP contribution in [-0.2, 0) is 11.8 Å². The fourth-order valence-corrected chi connectivity index (χ4v) is 3.23. The third-order valence-electron chi connectivity index (χ3n) is 4.63. The molecule has 1 fully saturated rings. The van der Waals surface area contributed by atoms with Crippen LogP contribution in [0.5, 0.6) is 0 Å². The van der Waals surface area contributed by atoms with Crippen LogP contribution in [0, 0.1) is 11.3 Å². The molecule has 1 amide bonds. The number of hydrogen-bond donors (Lipinski definition) is 1. The van der Waals surface area contributed by atoms with Gasteiger partial charge in [0.1, 0.15) is 6.42 Å². The number of nitriles is 1. The van der Waals surface area contributed by atoms with Crippen molar-refractivity contribution >= 4 is 17.5 Å². The number of aromatic nitrogens is 6. The van der Waals surface area contributed by atoms with E-state index in [1.165, 1.54) is 0 Å². The van der Waals surface area contributed by atoms with Crippen molar-refractivity contribution in [1.29, 1.82) is 5.26 Å². The van der Waals surface area contributed by atoms with E-state index < -0.39 is 0 Å². The minimum Gasteiger partial charge on any atom is -0.340 e. The molecule has 3 aromatic rings. The Morgan fingerprint density at radius 3 is 3.04 bits per heavy atom. The number of carbonyl (C=O) groups is 1. The molecule has 0 aromatic carbocycles. The minimum atomic E-state index is -0.126. The van der Waals surface area contributed by atoms with Crippen molar-refractivity contribution in [1.82, 2.24) is 34.4 Å². The van der Waals surface area contributed by atoms with Gasteiger partial charge in [0.2, 0.25) is 11.9 Å². The number of hydrogen-bond acceptors (Lipinski definition) is 7. The highest BCUT2D eigenvalue weighted by Gasteiger charge is 2.27. The fourth-order valence-electron chi connectivity index (χ4n) is 3.23. The molecule has 1 unspecified atom stereocenters. The molecule has 0 radical (unpaired) electrons. The van der Waals surface area contributed by atoms with Crippen LogP contribution in [0.3, 0.4) is 0 Å². The second-order valence-electron chi connectivity index (χ2n) is 6.62. The molecule has 10 nitrogen and oxygen atoms in total. The molecular weight excluding hydrogens is 358 g/mol. The first-order chi connectivity index (χ1) is 13.6. The SMILES string of the molecule is Cn1cc(Nc2nccc(-c3cnn(C4CCN(C(=O)CC#N)C4)c3)n2)cn1. The third kappa shape index (κ3) is 3.68. The van der Waals surface area contributed by atoms with E-state index in [1.807, 2.05) is 36.3 Å². The van der Waals surface area contributed by atoms with Crippen molar-refractivity contribution < 1.29 is 4.79 Å². The Balaban J connectivity index is 1.47. The van der Waals surface area contributed by atoms with Crippen molar-refractivity contribution in [3.63, 3.8) is 0 Å². The summed E-state index contributed by atoms with van der Waals surface area (Å²) >= 11 is 0. The van der Waals surface area contributed by atoms with E-state index in [4.69, 9.17) is 5.26 Å². The van der Waals surface area contributed by atoms with Gasteiger partial charge in [-0.25, -0.2) is 9.97 Å². The molecule has 1 atom stereocenters. The number of aryl methyl sites for hydroxylation is 1. The first kappa shape index (κ1) is 17.7. The van der Waals surface area contributed by atoms with Crippen molar-refractivity contribution in [2.75, 3.05) is 18.4 Å². The first-order valence-electron chi connectivity index (χ1n) is 8.90. The van der Waals surface area contributed by atoms with Crippen LogP contribution in [0.2, 0.25) is 0 Å². The van der Waals surface area contributed by atoms with Crippen LogP contribution in [0.15, 0.2) is 37.1 Å². The molecular formula is C18H19N9O. The number of carbonyl (C=O) groups excluding carboxylic acids is 1. The lowest BCUT2D eigenvalue weighted by Crippen LogP contribution is -2.28. The maximum Gasteiger partial charge on any atom is 0.236 e. The van der Waals surface area contributed by atoms with E-state index in [0.29, 0.717) is 19.0 Å². The van der Waals surface area contributed by atoms with Crippen molar-refractivity contribution in [3.8, 4) is 17.3 Å². The zero-order valence-electron chi connectivity index (χ0n) is 15.4. The summed E-state index contributed by atoms with van der Waals surface area (Å²) in [4.78, 5) is 22.4. The standard InChI is InChI=1S/C18H19N9O/c1-25-11-14(9-21-25)23-18-20-6-3-16(24-18)13-8-22-27(10-13)15-4-7-26(12-15)17(28)2-5-19/h3,6,8-11,15H,2,4,7,12H2,1H3,(H,20,23,24). The smallest absolute Gasteiger partial charge is 0.236 e. The van der Waals surface area contributed by atoms with Gasteiger partial charge in [0.15, 0.2) is 0 Å². The summed E-state index contributed by atoms with van der Waals surface area (Å²) in [6, 6.07) is 3.84. The average Bonchev–Trinajstić information content (AvgIpc) is 3.42. The van der Waals surface area contributed by atoms with Crippen LogP contribution in [0.25, 0.3) is 11.3 Å². The summed E-state index contributed by atoms with van der Waals surface area (Å²) in [5.74, 6) is 0.353. The predicted octanol–water partition coefficient (Wildman–Crippen LogP) is 1.50.